The third-order valence-corrected chi connectivity index (χ3v) is 5.08. The van der Waals surface area contributed by atoms with Crippen LogP contribution in [0.2, 0.25) is 0 Å². The van der Waals surface area contributed by atoms with Crippen molar-refractivity contribution < 1.29 is 0 Å². The molecule has 1 aliphatic heterocycles. The Hall–Kier alpha value is -0.0800. The molecule has 0 aromatic carbocycles. The molecule has 0 radical (unpaired) electrons. The van der Waals surface area contributed by atoms with E-state index < -0.39 is 0 Å². The van der Waals surface area contributed by atoms with Gasteiger partial charge in [0.15, 0.2) is 0 Å². The molecule has 1 heterocycles. The first kappa shape index (κ1) is 12.0. The average Bonchev–Trinajstić information content (AvgIpc) is 3.17. The van der Waals surface area contributed by atoms with Crippen LogP contribution in [0.4, 0.5) is 0 Å². The molecular weight excluding hydrogens is 208 g/mol. The molecule has 0 aromatic heterocycles. The monoisotopic (exact) mass is 236 g/mol. The fourth-order valence-electron chi connectivity index (χ4n) is 3.79. The van der Waals surface area contributed by atoms with Crippen LogP contribution in [0.5, 0.6) is 0 Å². The summed E-state index contributed by atoms with van der Waals surface area (Å²) >= 11 is 0. The van der Waals surface area contributed by atoms with E-state index in [4.69, 9.17) is 0 Å². The summed E-state index contributed by atoms with van der Waals surface area (Å²) in [6.45, 7) is 10.00. The predicted molar refractivity (Wildman–Crippen MR) is 72.1 cm³/mol. The molecule has 1 saturated heterocycles. The number of hydrogen-bond donors (Lipinski definition) is 1. The van der Waals surface area contributed by atoms with Gasteiger partial charge < -0.3 is 5.32 Å². The first-order valence-electron chi connectivity index (χ1n) is 7.64. The Labute approximate surface area is 106 Å². The minimum atomic E-state index is 0.773. The van der Waals surface area contributed by atoms with Crippen LogP contribution in [-0.2, 0) is 0 Å². The minimum absolute atomic E-state index is 0.773. The molecule has 1 unspecified atom stereocenters. The van der Waals surface area contributed by atoms with Crippen molar-refractivity contribution >= 4 is 0 Å². The van der Waals surface area contributed by atoms with Crippen LogP contribution in [0, 0.1) is 17.3 Å². The summed E-state index contributed by atoms with van der Waals surface area (Å²) in [5.74, 6) is 1.86. The molecule has 0 aromatic rings. The molecule has 3 fully saturated rings. The summed E-state index contributed by atoms with van der Waals surface area (Å²) in [5, 5.41) is 3.51. The van der Waals surface area contributed by atoms with Crippen LogP contribution in [-0.4, -0.2) is 37.1 Å². The zero-order chi connectivity index (χ0) is 11.9. The van der Waals surface area contributed by atoms with Crippen LogP contribution >= 0.6 is 0 Å². The van der Waals surface area contributed by atoms with E-state index in [0.29, 0.717) is 0 Å². The van der Waals surface area contributed by atoms with E-state index in [1.807, 2.05) is 0 Å². The third-order valence-electron chi connectivity index (χ3n) is 5.08. The molecule has 3 aliphatic rings. The first-order valence-corrected chi connectivity index (χ1v) is 7.64. The molecule has 2 aliphatic carbocycles. The summed E-state index contributed by atoms with van der Waals surface area (Å²) in [7, 11) is 0. The second kappa shape index (κ2) is 4.55. The van der Waals surface area contributed by atoms with Gasteiger partial charge in [-0.25, -0.2) is 0 Å². The van der Waals surface area contributed by atoms with Gasteiger partial charge in [-0.2, -0.15) is 0 Å². The lowest BCUT2D eigenvalue weighted by atomic mass is 9.92. The Kier molecular flexibility index (Phi) is 3.20. The van der Waals surface area contributed by atoms with Gasteiger partial charge in [-0.05, 0) is 62.4 Å². The van der Waals surface area contributed by atoms with Gasteiger partial charge in [-0.15, -0.1) is 0 Å². The van der Waals surface area contributed by atoms with Crippen molar-refractivity contribution in [2.24, 2.45) is 17.3 Å². The summed E-state index contributed by atoms with van der Waals surface area (Å²) < 4.78 is 0. The molecule has 1 atom stereocenters. The quantitative estimate of drug-likeness (QED) is 0.789. The zero-order valence-electron chi connectivity index (χ0n) is 11.5. The molecule has 1 spiro atoms. The van der Waals surface area contributed by atoms with Crippen molar-refractivity contribution in [1.82, 2.24) is 10.2 Å². The largest absolute Gasteiger partial charge is 0.317 e. The minimum Gasteiger partial charge on any atom is -0.317 e. The lowest BCUT2D eigenvalue weighted by Gasteiger charge is -2.28. The van der Waals surface area contributed by atoms with Crippen molar-refractivity contribution in [2.45, 2.75) is 52.0 Å². The highest BCUT2D eigenvalue weighted by atomic mass is 15.2. The number of hydrogen-bond acceptors (Lipinski definition) is 2. The van der Waals surface area contributed by atoms with Crippen molar-refractivity contribution in [3.05, 3.63) is 0 Å². The molecule has 17 heavy (non-hydrogen) atoms. The number of piperidine rings is 1. The van der Waals surface area contributed by atoms with E-state index in [1.54, 1.807) is 0 Å². The van der Waals surface area contributed by atoms with Crippen molar-refractivity contribution in [3.63, 3.8) is 0 Å². The lowest BCUT2D eigenvalue weighted by Crippen LogP contribution is -2.35. The smallest absolute Gasteiger partial charge is 0.00966 e. The molecule has 2 saturated carbocycles. The van der Waals surface area contributed by atoms with Crippen LogP contribution in [0.1, 0.15) is 46.0 Å². The highest BCUT2D eigenvalue weighted by molar-refractivity contribution is 5.06. The lowest BCUT2D eigenvalue weighted by molar-refractivity contribution is 0.201. The normalized spacial score (nSPS) is 31.4. The van der Waals surface area contributed by atoms with Crippen LogP contribution < -0.4 is 5.32 Å². The van der Waals surface area contributed by atoms with Gasteiger partial charge in [0.05, 0.1) is 0 Å². The van der Waals surface area contributed by atoms with Crippen molar-refractivity contribution in [2.75, 3.05) is 26.2 Å². The van der Waals surface area contributed by atoms with Gasteiger partial charge in [0.2, 0.25) is 0 Å². The number of nitrogens with one attached hydrogen (secondary N) is 1. The average molecular weight is 236 g/mol. The van der Waals surface area contributed by atoms with Crippen LogP contribution in [0.15, 0.2) is 0 Å². The predicted octanol–water partition coefficient (Wildman–Crippen LogP) is 2.50. The molecule has 2 heteroatoms. The summed E-state index contributed by atoms with van der Waals surface area (Å²) in [5.41, 5.74) is 0.773. The summed E-state index contributed by atoms with van der Waals surface area (Å²) in [4.78, 5) is 2.81. The highest BCUT2D eigenvalue weighted by Gasteiger charge is 2.54. The van der Waals surface area contributed by atoms with E-state index in [-0.39, 0.29) is 0 Å². The van der Waals surface area contributed by atoms with Gasteiger partial charge in [0.1, 0.15) is 0 Å². The summed E-state index contributed by atoms with van der Waals surface area (Å²) in [6.07, 6.45) is 7.34. The fraction of sp³-hybridized carbons (Fsp3) is 1.00. The Balaban J connectivity index is 1.52. The van der Waals surface area contributed by atoms with Gasteiger partial charge in [0.25, 0.3) is 0 Å². The third kappa shape index (κ3) is 2.68. The van der Waals surface area contributed by atoms with Crippen molar-refractivity contribution in [1.29, 1.82) is 0 Å². The maximum atomic E-state index is 3.51. The highest BCUT2D eigenvalue weighted by Crippen LogP contribution is 2.59. The molecule has 2 nitrogen and oxygen atoms in total. The van der Waals surface area contributed by atoms with Gasteiger partial charge >= 0.3 is 0 Å². The first-order chi connectivity index (χ1) is 8.20. The Bertz CT molecular complexity index is 264. The molecule has 0 bridgehead atoms. The van der Waals surface area contributed by atoms with E-state index in [0.717, 1.165) is 23.3 Å². The molecule has 98 valence electrons. The SMILES string of the molecule is CC(C)CN(CC1CC12CCNCC2)C1CC1. The van der Waals surface area contributed by atoms with E-state index in [2.05, 4.69) is 24.1 Å². The van der Waals surface area contributed by atoms with Gasteiger partial charge in [-0.1, -0.05) is 13.8 Å². The molecular formula is C15H28N2. The van der Waals surface area contributed by atoms with Crippen molar-refractivity contribution in [3.8, 4) is 0 Å². The van der Waals surface area contributed by atoms with Gasteiger partial charge in [-0.3, -0.25) is 4.90 Å². The standard InChI is InChI=1S/C15H28N2/c1-12(2)10-17(14-3-4-14)11-13-9-15(13)5-7-16-8-6-15/h12-14,16H,3-11H2,1-2H3. The Morgan fingerprint density at radius 3 is 2.53 bits per heavy atom. The maximum absolute atomic E-state index is 3.51. The second-order valence-corrected chi connectivity index (χ2v) is 7.09. The van der Waals surface area contributed by atoms with Gasteiger partial charge in [0, 0.05) is 19.1 Å². The maximum Gasteiger partial charge on any atom is 0.00966 e. The zero-order valence-corrected chi connectivity index (χ0v) is 11.5. The molecule has 0 amide bonds. The van der Waals surface area contributed by atoms with E-state index in [1.165, 1.54) is 58.3 Å². The van der Waals surface area contributed by atoms with Crippen LogP contribution in [0.3, 0.4) is 0 Å². The Morgan fingerprint density at radius 1 is 1.24 bits per heavy atom. The number of rotatable bonds is 5. The summed E-state index contributed by atoms with van der Waals surface area (Å²) in [6, 6.07) is 0.955. The van der Waals surface area contributed by atoms with E-state index >= 15 is 0 Å². The Morgan fingerprint density at radius 2 is 1.94 bits per heavy atom. The topological polar surface area (TPSA) is 15.3 Å². The fourth-order valence-corrected chi connectivity index (χ4v) is 3.79. The second-order valence-electron chi connectivity index (χ2n) is 7.09. The van der Waals surface area contributed by atoms with E-state index in [9.17, 15) is 0 Å². The molecule has 1 N–H and O–H groups in total. The van der Waals surface area contributed by atoms with Crippen LogP contribution in [0.25, 0.3) is 0 Å². The molecule has 3 rings (SSSR count). The number of nitrogens with zero attached hydrogens (tertiary/aromatic N) is 1.